The van der Waals surface area contributed by atoms with Crippen molar-refractivity contribution in [2.24, 2.45) is 0 Å². The van der Waals surface area contributed by atoms with Crippen molar-refractivity contribution >= 4 is 55.4 Å². The maximum absolute atomic E-state index is 13.1. The molecule has 0 radical (unpaired) electrons. The lowest BCUT2D eigenvalue weighted by Crippen LogP contribution is -2.38. The quantitative estimate of drug-likeness (QED) is 0.407. The Kier molecular flexibility index (Phi) is 5.55. The number of aromatic amines is 1. The maximum Gasteiger partial charge on any atom is 0.261 e. The molecule has 5 heterocycles. The number of imide groups is 1. The number of thiophene rings is 1. The first-order valence-electron chi connectivity index (χ1n) is 12.0. The highest BCUT2D eigenvalue weighted by Gasteiger charge is 2.36. The van der Waals surface area contributed by atoms with Crippen LogP contribution in [0.1, 0.15) is 30.1 Å². The fourth-order valence-corrected chi connectivity index (χ4v) is 6.05. The van der Waals surface area contributed by atoms with E-state index in [0.717, 1.165) is 65.7 Å². The largest absolute Gasteiger partial charge is 0.352 e. The third-order valence-electron chi connectivity index (χ3n) is 7.12. The lowest BCUT2D eigenvalue weighted by molar-refractivity contribution is -0.122. The van der Waals surface area contributed by atoms with Gasteiger partial charge in [0.05, 0.1) is 22.7 Å². The number of fused-ring (bicyclic) bond motifs is 2. The third kappa shape index (κ3) is 3.80. The first kappa shape index (κ1) is 22.2. The van der Waals surface area contributed by atoms with E-state index < -0.39 is 0 Å². The topological polar surface area (TPSA) is 86.3 Å². The highest BCUT2D eigenvalue weighted by atomic mass is 32.1. The van der Waals surface area contributed by atoms with Gasteiger partial charge in [0.15, 0.2) is 0 Å². The molecule has 1 saturated heterocycles. The number of hydrogen-bond donors (Lipinski definition) is 2. The minimum atomic E-state index is -0.386. The highest BCUT2D eigenvalue weighted by molar-refractivity contribution is 7.16. The molecule has 0 spiro atoms. The van der Waals surface area contributed by atoms with E-state index in [1.807, 2.05) is 35.8 Å². The van der Waals surface area contributed by atoms with Crippen molar-refractivity contribution in [3.63, 3.8) is 0 Å². The number of likely N-dealkylation sites (N-methyl/N-ethyl adjacent to an activating group) is 1. The molecule has 0 saturated carbocycles. The Morgan fingerprint density at radius 1 is 1.06 bits per heavy atom. The van der Waals surface area contributed by atoms with Crippen LogP contribution in [0, 0.1) is 0 Å². The zero-order valence-corrected chi connectivity index (χ0v) is 20.7. The summed E-state index contributed by atoms with van der Waals surface area (Å²) >= 11 is 1.58. The molecule has 35 heavy (non-hydrogen) atoms. The van der Waals surface area contributed by atoms with Crippen molar-refractivity contribution in [3.8, 4) is 0 Å². The minimum Gasteiger partial charge on any atom is -0.352 e. The van der Waals surface area contributed by atoms with Gasteiger partial charge in [0.1, 0.15) is 10.5 Å². The van der Waals surface area contributed by atoms with Gasteiger partial charge in [-0.1, -0.05) is 18.2 Å². The summed E-state index contributed by atoms with van der Waals surface area (Å²) in [6.07, 6.45) is 3.82. The molecule has 1 fully saturated rings. The first-order valence-corrected chi connectivity index (χ1v) is 12.9. The van der Waals surface area contributed by atoms with Crippen molar-refractivity contribution in [1.29, 1.82) is 0 Å². The molecule has 1 aromatic carbocycles. The fraction of sp³-hybridized carbons (Fsp3) is 0.346. The van der Waals surface area contributed by atoms with Gasteiger partial charge < -0.3 is 14.8 Å². The molecule has 2 N–H and O–H groups in total. The van der Waals surface area contributed by atoms with Gasteiger partial charge in [-0.3, -0.25) is 19.6 Å². The number of carbonyl (C=O) groups excluding carboxylic acids is 2. The van der Waals surface area contributed by atoms with Gasteiger partial charge in [0.2, 0.25) is 0 Å². The summed E-state index contributed by atoms with van der Waals surface area (Å²) in [5.41, 5.74) is 3.09. The molecule has 0 unspecified atom stereocenters. The van der Waals surface area contributed by atoms with E-state index in [0.29, 0.717) is 16.8 Å². The van der Waals surface area contributed by atoms with E-state index in [9.17, 15) is 9.59 Å². The van der Waals surface area contributed by atoms with Gasteiger partial charge in [0, 0.05) is 48.7 Å². The maximum atomic E-state index is 13.1. The van der Waals surface area contributed by atoms with Crippen molar-refractivity contribution in [1.82, 2.24) is 29.9 Å². The van der Waals surface area contributed by atoms with Crippen LogP contribution in [0.5, 0.6) is 0 Å². The number of piperidine rings is 1. The smallest absolute Gasteiger partial charge is 0.261 e. The number of hydrogen-bond acceptors (Lipinski definition) is 6. The Bertz CT molecular complexity index is 1470. The molecule has 8 nitrogen and oxygen atoms in total. The number of aromatic nitrogens is 3. The van der Waals surface area contributed by atoms with E-state index in [1.54, 1.807) is 11.3 Å². The Morgan fingerprint density at radius 3 is 2.63 bits per heavy atom. The van der Waals surface area contributed by atoms with E-state index in [-0.39, 0.29) is 17.9 Å². The molecule has 3 aromatic heterocycles. The number of amides is 2. The van der Waals surface area contributed by atoms with Gasteiger partial charge in [-0.25, -0.2) is 0 Å². The summed E-state index contributed by atoms with van der Waals surface area (Å²) in [5.74, 6) is -0.756. The third-order valence-corrected chi connectivity index (χ3v) is 7.97. The molecule has 4 aromatic rings. The second-order valence-corrected chi connectivity index (χ2v) is 10.5. The fourth-order valence-electron chi connectivity index (χ4n) is 5.27. The summed E-state index contributed by atoms with van der Waals surface area (Å²) < 4.78 is 2.09. The zero-order chi connectivity index (χ0) is 24.1. The van der Waals surface area contributed by atoms with Crippen LogP contribution in [0.4, 0.5) is 0 Å². The normalized spacial score (nSPS) is 18.0. The van der Waals surface area contributed by atoms with Crippen LogP contribution in [0.3, 0.4) is 0 Å². The average molecular weight is 489 g/mol. The van der Waals surface area contributed by atoms with Crippen LogP contribution in [0.2, 0.25) is 0 Å². The lowest BCUT2D eigenvalue weighted by Gasteiger charge is -2.33. The Morgan fingerprint density at radius 2 is 1.83 bits per heavy atom. The second kappa shape index (κ2) is 8.75. The summed E-state index contributed by atoms with van der Waals surface area (Å²) in [6.45, 7) is 4.16. The molecule has 2 aliphatic rings. The van der Waals surface area contributed by atoms with Gasteiger partial charge in [-0.05, 0) is 44.4 Å². The number of benzene rings is 1. The van der Waals surface area contributed by atoms with Crippen LogP contribution < -0.4 is 5.32 Å². The number of H-pyrrole nitrogens is 1. The van der Waals surface area contributed by atoms with E-state index in [1.165, 1.54) is 0 Å². The summed E-state index contributed by atoms with van der Waals surface area (Å²) in [4.78, 5) is 35.0. The Hall–Kier alpha value is -3.27. The van der Waals surface area contributed by atoms with Crippen LogP contribution >= 0.6 is 11.3 Å². The van der Waals surface area contributed by atoms with Crippen LogP contribution in [0.25, 0.3) is 32.3 Å². The summed E-state index contributed by atoms with van der Waals surface area (Å²) in [6, 6.07) is 10.3. The van der Waals surface area contributed by atoms with Crippen molar-refractivity contribution in [3.05, 3.63) is 53.2 Å². The highest BCUT2D eigenvalue weighted by Crippen LogP contribution is 2.39. The van der Waals surface area contributed by atoms with E-state index in [2.05, 4.69) is 44.9 Å². The zero-order valence-electron chi connectivity index (χ0n) is 19.9. The molecule has 0 aliphatic carbocycles. The summed E-state index contributed by atoms with van der Waals surface area (Å²) in [5, 5.41) is 11.4. The standard InChI is InChI=1S/C26H28N6O2S/c1-30(2)12-13-31-10-7-16(8-11-31)32-20-6-4-3-5-18(20)23(29-32)22-21(24(33)28-25(22)34)19-15-27-26-17(19)9-14-35-26/h3-6,9,14-16,27H,7-8,10-13H2,1-2H3,(H,28,33,34). The van der Waals surface area contributed by atoms with Crippen molar-refractivity contribution in [2.75, 3.05) is 40.3 Å². The number of para-hydroxylation sites is 1. The molecule has 0 bridgehead atoms. The number of likely N-dealkylation sites (tertiary alicyclic amines) is 1. The van der Waals surface area contributed by atoms with Gasteiger partial charge in [0.25, 0.3) is 11.8 Å². The SMILES string of the molecule is CN(C)CCN1CCC(n2nc(C3=C(c4c[nH]c5sccc45)C(=O)NC3=O)c3ccccc32)CC1. The Labute approximate surface area is 207 Å². The molecular formula is C26H28N6O2S. The van der Waals surface area contributed by atoms with Gasteiger partial charge >= 0.3 is 0 Å². The molecule has 6 rings (SSSR count). The van der Waals surface area contributed by atoms with Crippen LogP contribution in [-0.4, -0.2) is 76.7 Å². The van der Waals surface area contributed by atoms with E-state index in [4.69, 9.17) is 5.10 Å². The van der Waals surface area contributed by atoms with Crippen LogP contribution in [0.15, 0.2) is 41.9 Å². The van der Waals surface area contributed by atoms with Crippen molar-refractivity contribution in [2.45, 2.75) is 18.9 Å². The molecule has 9 heteroatoms. The number of nitrogens with zero attached hydrogens (tertiary/aromatic N) is 4. The Balaban J connectivity index is 1.42. The predicted octanol–water partition coefficient (Wildman–Crippen LogP) is 3.34. The van der Waals surface area contributed by atoms with Crippen molar-refractivity contribution < 1.29 is 9.59 Å². The first-order chi connectivity index (χ1) is 17.0. The van der Waals surface area contributed by atoms with Gasteiger partial charge in [-0.15, -0.1) is 11.3 Å². The average Bonchev–Trinajstić information content (AvgIpc) is 3.61. The molecule has 2 aliphatic heterocycles. The monoisotopic (exact) mass is 488 g/mol. The summed E-state index contributed by atoms with van der Waals surface area (Å²) in [7, 11) is 4.21. The number of carbonyl (C=O) groups is 2. The molecule has 2 amide bonds. The number of rotatable bonds is 6. The lowest BCUT2D eigenvalue weighted by atomic mass is 9.98. The van der Waals surface area contributed by atoms with Gasteiger partial charge in [-0.2, -0.15) is 5.10 Å². The predicted molar refractivity (Wildman–Crippen MR) is 139 cm³/mol. The number of nitrogens with one attached hydrogen (secondary N) is 2. The second-order valence-electron chi connectivity index (χ2n) is 9.59. The minimum absolute atomic E-state index is 0.254. The molecule has 0 atom stereocenters. The molecule has 180 valence electrons. The molecular weight excluding hydrogens is 460 g/mol. The van der Waals surface area contributed by atoms with E-state index >= 15 is 0 Å². The van der Waals surface area contributed by atoms with Crippen LogP contribution in [-0.2, 0) is 9.59 Å².